The van der Waals surface area contributed by atoms with E-state index in [4.69, 9.17) is 11.6 Å². The highest BCUT2D eigenvalue weighted by Gasteiger charge is 2.28. The van der Waals surface area contributed by atoms with Crippen LogP contribution >= 0.6 is 11.6 Å². The third-order valence-corrected chi connectivity index (χ3v) is 6.77. The van der Waals surface area contributed by atoms with Crippen molar-refractivity contribution in [3.63, 3.8) is 0 Å². The highest BCUT2D eigenvalue weighted by molar-refractivity contribution is 7.92. The van der Waals surface area contributed by atoms with E-state index in [-0.39, 0.29) is 45.5 Å². The Balaban J connectivity index is 1.89. The van der Waals surface area contributed by atoms with Crippen molar-refractivity contribution in [1.82, 2.24) is 0 Å². The quantitative estimate of drug-likeness (QED) is 0.442. The average molecular weight is 440 g/mol. The van der Waals surface area contributed by atoms with E-state index in [9.17, 15) is 23.6 Å². The molecule has 2 aromatic rings. The molecular formula is C19H22ClN3O5S. The number of rotatable bonds is 7. The molecule has 0 radical (unpaired) electrons. The summed E-state index contributed by atoms with van der Waals surface area (Å²) in [5.41, 5.74) is 0.0818. The molecule has 3 rings (SSSR count). The number of anilines is 2. The van der Waals surface area contributed by atoms with Crippen molar-refractivity contribution >= 4 is 38.7 Å². The summed E-state index contributed by atoms with van der Waals surface area (Å²) in [4.78, 5) is 10.7. The number of aliphatic hydroxyl groups is 1. The molecule has 0 spiro atoms. The van der Waals surface area contributed by atoms with E-state index >= 15 is 0 Å². The van der Waals surface area contributed by atoms with Gasteiger partial charge >= 0.3 is 0 Å². The minimum Gasteiger partial charge on any atom is -0.396 e. The molecule has 0 aromatic heterocycles. The third-order valence-electron chi connectivity index (χ3n) is 5.08. The van der Waals surface area contributed by atoms with Crippen LogP contribution in [-0.2, 0) is 10.0 Å². The molecule has 0 saturated heterocycles. The normalized spacial score (nSPS) is 19.5. The molecule has 0 bridgehead atoms. The fraction of sp³-hybridized carbons (Fsp3) is 0.368. The van der Waals surface area contributed by atoms with Gasteiger partial charge in [0.1, 0.15) is 5.69 Å². The summed E-state index contributed by atoms with van der Waals surface area (Å²) in [5, 5.41) is 24.5. The molecule has 29 heavy (non-hydrogen) atoms. The zero-order chi connectivity index (χ0) is 21.0. The molecule has 8 nitrogen and oxygen atoms in total. The van der Waals surface area contributed by atoms with E-state index in [1.165, 1.54) is 24.3 Å². The van der Waals surface area contributed by atoms with Gasteiger partial charge in [0, 0.05) is 24.6 Å². The van der Waals surface area contributed by atoms with Crippen molar-refractivity contribution in [2.75, 3.05) is 16.6 Å². The Hall–Kier alpha value is -2.36. The monoisotopic (exact) mass is 439 g/mol. The zero-order valence-electron chi connectivity index (χ0n) is 15.5. The summed E-state index contributed by atoms with van der Waals surface area (Å²) in [5.74, 6) is 0.00801. The maximum absolute atomic E-state index is 12.7. The van der Waals surface area contributed by atoms with Crippen LogP contribution in [0.1, 0.15) is 25.7 Å². The van der Waals surface area contributed by atoms with Gasteiger partial charge in [-0.25, -0.2) is 8.42 Å². The summed E-state index contributed by atoms with van der Waals surface area (Å²) in [6.07, 6.45) is 3.61. The number of aliphatic hydroxyl groups excluding tert-OH is 1. The first-order valence-corrected chi connectivity index (χ1v) is 11.1. The van der Waals surface area contributed by atoms with Crippen LogP contribution in [0.15, 0.2) is 47.4 Å². The van der Waals surface area contributed by atoms with Crippen LogP contribution < -0.4 is 10.0 Å². The van der Waals surface area contributed by atoms with Gasteiger partial charge in [-0.05, 0) is 37.1 Å². The van der Waals surface area contributed by atoms with Crippen LogP contribution in [0.2, 0.25) is 5.02 Å². The molecule has 0 aliphatic heterocycles. The van der Waals surface area contributed by atoms with E-state index in [1.807, 2.05) is 0 Å². The Morgan fingerprint density at radius 2 is 1.86 bits per heavy atom. The van der Waals surface area contributed by atoms with Crippen LogP contribution in [0.5, 0.6) is 0 Å². The lowest BCUT2D eigenvalue weighted by Crippen LogP contribution is -2.34. The van der Waals surface area contributed by atoms with Crippen molar-refractivity contribution in [1.29, 1.82) is 0 Å². The lowest BCUT2D eigenvalue weighted by molar-refractivity contribution is -0.384. The van der Waals surface area contributed by atoms with Gasteiger partial charge in [0.15, 0.2) is 0 Å². The van der Waals surface area contributed by atoms with Gasteiger partial charge in [0.25, 0.3) is 15.7 Å². The molecule has 1 saturated carbocycles. The second kappa shape index (κ2) is 8.98. The fourth-order valence-corrected chi connectivity index (χ4v) is 4.85. The van der Waals surface area contributed by atoms with Crippen molar-refractivity contribution < 1.29 is 18.4 Å². The van der Waals surface area contributed by atoms with E-state index < -0.39 is 14.9 Å². The Bertz CT molecular complexity index is 999. The molecule has 1 aliphatic carbocycles. The van der Waals surface area contributed by atoms with E-state index in [1.54, 1.807) is 12.1 Å². The minimum absolute atomic E-state index is 0.000315. The van der Waals surface area contributed by atoms with E-state index in [0.717, 1.165) is 31.7 Å². The van der Waals surface area contributed by atoms with Crippen molar-refractivity contribution in [3.8, 4) is 0 Å². The number of hydrogen-bond acceptors (Lipinski definition) is 6. The molecular weight excluding hydrogens is 418 g/mol. The second-order valence-electron chi connectivity index (χ2n) is 7.00. The van der Waals surface area contributed by atoms with Crippen LogP contribution in [0.4, 0.5) is 17.1 Å². The molecule has 0 heterocycles. The number of sulfonamides is 1. The predicted molar refractivity (Wildman–Crippen MR) is 112 cm³/mol. The lowest BCUT2D eigenvalue weighted by Gasteiger charge is -2.31. The maximum Gasteiger partial charge on any atom is 0.293 e. The van der Waals surface area contributed by atoms with Crippen LogP contribution in [-0.4, -0.2) is 31.1 Å². The number of nitro groups is 1. The minimum atomic E-state index is -4.06. The number of halogens is 1. The number of nitrogens with one attached hydrogen (secondary N) is 2. The Morgan fingerprint density at radius 3 is 2.55 bits per heavy atom. The van der Waals surface area contributed by atoms with Gasteiger partial charge in [-0.15, -0.1) is 0 Å². The maximum atomic E-state index is 12.7. The first kappa shape index (κ1) is 21.4. The Kier molecular flexibility index (Phi) is 6.61. The average Bonchev–Trinajstić information content (AvgIpc) is 2.70. The number of para-hydroxylation sites is 1. The molecule has 0 unspecified atom stereocenters. The number of benzene rings is 2. The topological polar surface area (TPSA) is 122 Å². The summed E-state index contributed by atoms with van der Waals surface area (Å²) in [6.45, 7) is -0.000315. The summed E-state index contributed by atoms with van der Waals surface area (Å²) in [7, 11) is -4.06. The fourth-order valence-electron chi connectivity index (χ4n) is 3.52. The summed E-state index contributed by atoms with van der Waals surface area (Å²) in [6, 6.07) is 9.96. The van der Waals surface area contributed by atoms with Crippen LogP contribution in [0.25, 0.3) is 0 Å². The first-order valence-electron chi connectivity index (χ1n) is 9.25. The molecule has 156 valence electrons. The largest absolute Gasteiger partial charge is 0.396 e. The number of nitrogens with zero attached hydrogens (tertiary/aromatic N) is 1. The smallest absolute Gasteiger partial charge is 0.293 e. The second-order valence-corrected chi connectivity index (χ2v) is 9.09. The van der Waals surface area contributed by atoms with Crippen molar-refractivity contribution in [2.45, 2.75) is 36.6 Å². The Morgan fingerprint density at radius 1 is 1.14 bits per heavy atom. The molecule has 1 aliphatic rings. The molecule has 2 aromatic carbocycles. The highest BCUT2D eigenvalue weighted by atomic mass is 35.5. The summed E-state index contributed by atoms with van der Waals surface area (Å²) >= 11 is 5.99. The van der Waals surface area contributed by atoms with Crippen LogP contribution in [0.3, 0.4) is 0 Å². The molecule has 3 N–H and O–H groups in total. The first-order chi connectivity index (χ1) is 13.8. The van der Waals surface area contributed by atoms with Gasteiger partial charge in [-0.1, -0.05) is 36.6 Å². The predicted octanol–water partition coefficient (Wildman–Crippen LogP) is 4.01. The number of hydrogen-bond donors (Lipinski definition) is 3. The Labute approximate surface area is 174 Å². The highest BCUT2D eigenvalue weighted by Crippen LogP contribution is 2.33. The van der Waals surface area contributed by atoms with Crippen molar-refractivity contribution in [3.05, 3.63) is 57.6 Å². The van der Waals surface area contributed by atoms with Gasteiger partial charge in [-0.3, -0.25) is 14.8 Å². The molecule has 0 amide bonds. The lowest BCUT2D eigenvalue weighted by atomic mass is 9.85. The summed E-state index contributed by atoms with van der Waals surface area (Å²) < 4.78 is 27.7. The van der Waals surface area contributed by atoms with Crippen molar-refractivity contribution in [2.24, 2.45) is 5.92 Å². The van der Waals surface area contributed by atoms with Crippen LogP contribution in [0, 0.1) is 16.0 Å². The van der Waals surface area contributed by atoms with Gasteiger partial charge in [0.2, 0.25) is 0 Å². The van der Waals surface area contributed by atoms with Gasteiger partial charge in [0.05, 0.1) is 20.5 Å². The molecule has 1 fully saturated rings. The van der Waals surface area contributed by atoms with Gasteiger partial charge in [-0.2, -0.15) is 0 Å². The zero-order valence-corrected chi connectivity index (χ0v) is 17.1. The molecule has 2 atom stereocenters. The number of nitro benzene ring substituents is 1. The standard InChI is InChI=1S/C19H22ClN3O5S/c20-15-6-2-4-8-17(15)22-29(27,28)14-9-10-18(19(11-14)23(25)26)21-16-7-3-1-5-13(16)12-24/h2,4,6,8-11,13,16,21-22,24H,1,3,5,7,12H2/t13-,16+/m0/s1. The van der Waals surface area contributed by atoms with Gasteiger partial charge < -0.3 is 10.4 Å². The molecule has 10 heteroatoms. The van der Waals surface area contributed by atoms with E-state index in [0.29, 0.717) is 0 Å². The van der Waals surface area contributed by atoms with E-state index in [2.05, 4.69) is 10.0 Å². The third kappa shape index (κ3) is 4.98. The SMILES string of the molecule is O=[N+]([O-])c1cc(S(=O)(=O)Nc2ccccc2Cl)ccc1N[C@@H]1CCCC[C@H]1CO.